The quantitative estimate of drug-likeness (QED) is 0.0550. The first-order valence-corrected chi connectivity index (χ1v) is 22.2. The minimum atomic E-state index is 0.00282. The van der Waals surface area contributed by atoms with E-state index in [-0.39, 0.29) is 11.8 Å². The topological polar surface area (TPSA) is 66.0 Å². The molecule has 52 heavy (non-hydrogen) atoms. The summed E-state index contributed by atoms with van der Waals surface area (Å²) in [4.78, 5) is 25.1. The first-order chi connectivity index (χ1) is 25.6. The van der Waals surface area contributed by atoms with Crippen molar-refractivity contribution in [3.05, 3.63) is 60.2 Å². The summed E-state index contributed by atoms with van der Waals surface area (Å²) in [7, 11) is 0. The van der Waals surface area contributed by atoms with Gasteiger partial charge in [-0.15, -0.1) is 0 Å². The van der Waals surface area contributed by atoms with Gasteiger partial charge < -0.3 is 10.6 Å². The number of nitrogens with one attached hydrogen (secondary N) is 2. The minimum Gasteiger partial charge on any atom is -0.352 e. The number of unbranched alkanes of at least 4 members (excludes halogenated alkanes) is 25. The molecule has 2 aromatic rings. The molecule has 0 radical (unpaired) electrons. The second-order valence-corrected chi connectivity index (χ2v) is 15.4. The summed E-state index contributed by atoms with van der Waals surface area (Å²) >= 11 is 0. The molecule has 2 rings (SSSR count). The standard InChI is InChI=1S/C46H78N4O2/c1-3-5-7-9-11-13-15-17-19-21-25-29-37-49-39-31-43(32-40-49)45(51)47-35-27-23-24-28-36-48-46(52)44-33-41-50(42-34-44)38-30-26-22-20-18-16-14-12-10-8-6-4-2/h31-34,39-42H,3-30,35-38H2,1-2H3/p+2. The second kappa shape index (κ2) is 32.9. The van der Waals surface area contributed by atoms with Gasteiger partial charge in [0.15, 0.2) is 24.8 Å². The highest BCUT2D eigenvalue weighted by molar-refractivity contribution is 5.94. The van der Waals surface area contributed by atoms with Crippen LogP contribution in [0.15, 0.2) is 49.1 Å². The van der Waals surface area contributed by atoms with Crippen molar-refractivity contribution in [3.8, 4) is 0 Å². The molecular formula is C46H80N4O2+2. The van der Waals surface area contributed by atoms with Crippen LogP contribution < -0.4 is 19.8 Å². The van der Waals surface area contributed by atoms with Crippen molar-refractivity contribution < 1.29 is 18.7 Å². The molecule has 2 aromatic heterocycles. The van der Waals surface area contributed by atoms with E-state index >= 15 is 0 Å². The predicted octanol–water partition coefficient (Wildman–Crippen LogP) is 11.4. The highest BCUT2D eigenvalue weighted by atomic mass is 16.2. The van der Waals surface area contributed by atoms with Crippen LogP contribution in [0.1, 0.15) is 214 Å². The van der Waals surface area contributed by atoms with Gasteiger partial charge in [0.25, 0.3) is 11.8 Å². The van der Waals surface area contributed by atoms with Crippen molar-refractivity contribution >= 4 is 11.8 Å². The van der Waals surface area contributed by atoms with Crippen LogP contribution in [0, 0.1) is 0 Å². The van der Waals surface area contributed by atoms with E-state index in [1.165, 1.54) is 154 Å². The summed E-state index contributed by atoms with van der Waals surface area (Å²) in [6.07, 6.45) is 44.8. The van der Waals surface area contributed by atoms with E-state index in [2.05, 4.69) is 33.6 Å². The summed E-state index contributed by atoms with van der Waals surface area (Å²) in [5.41, 5.74) is 1.45. The normalized spacial score (nSPS) is 11.2. The van der Waals surface area contributed by atoms with Crippen LogP contribution in [0.3, 0.4) is 0 Å². The first-order valence-electron chi connectivity index (χ1n) is 22.2. The fraction of sp³-hybridized carbons (Fsp3) is 0.739. The second-order valence-electron chi connectivity index (χ2n) is 15.4. The summed E-state index contributed by atoms with van der Waals surface area (Å²) in [5.74, 6) is 0.00564. The van der Waals surface area contributed by atoms with Crippen molar-refractivity contribution in [1.82, 2.24) is 10.6 Å². The molecule has 0 fully saturated rings. The monoisotopic (exact) mass is 721 g/mol. The van der Waals surface area contributed by atoms with Gasteiger partial charge in [0, 0.05) is 50.2 Å². The third kappa shape index (κ3) is 24.5. The van der Waals surface area contributed by atoms with Gasteiger partial charge in [-0.25, -0.2) is 9.13 Å². The summed E-state index contributed by atoms with van der Waals surface area (Å²) in [6.45, 7) is 7.96. The Balaban J connectivity index is 1.40. The van der Waals surface area contributed by atoms with Gasteiger partial charge in [0.2, 0.25) is 0 Å². The van der Waals surface area contributed by atoms with E-state index < -0.39 is 0 Å². The smallest absolute Gasteiger partial charge is 0.251 e. The van der Waals surface area contributed by atoms with E-state index in [4.69, 9.17) is 0 Å². The number of aromatic nitrogens is 2. The lowest BCUT2D eigenvalue weighted by Gasteiger charge is -2.07. The SMILES string of the molecule is CCCCCCCCCCCCCC[n+]1ccc(C(=O)NCCCCCCNC(=O)c2cc[n+](CCCCCCCCCCCCCC)cc2)cc1. The van der Waals surface area contributed by atoms with Gasteiger partial charge in [-0.2, -0.15) is 0 Å². The molecule has 0 aliphatic rings. The van der Waals surface area contributed by atoms with E-state index in [0.717, 1.165) is 49.9 Å². The van der Waals surface area contributed by atoms with Crippen molar-refractivity contribution in [2.24, 2.45) is 0 Å². The number of amides is 2. The Morgan fingerprint density at radius 3 is 0.923 bits per heavy atom. The van der Waals surface area contributed by atoms with Crippen LogP contribution in [0.25, 0.3) is 0 Å². The lowest BCUT2D eigenvalue weighted by Crippen LogP contribution is -2.33. The molecule has 0 aromatic carbocycles. The van der Waals surface area contributed by atoms with Gasteiger partial charge in [-0.05, 0) is 25.7 Å². The Hall–Kier alpha value is -2.76. The predicted molar refractivity (Wildman–Crippen MR) is 219 cm³/mol. The summed E-state index contributed by atoms with van der Waals surface area (Å²) in [6, 6.07) is 7.74. The van der Waals surface area contributed by atoms with E-state index in [0.29, 0.717) is 13.1 Å². The average Bonchev–Trinajstić information content (AvgIpc) is 3.17. The number of carbonyl (C=O) groups excluding carboxylic acids is 2. The molecule has 294 valence electrons. The molecule has 2 heterocycles. The fourth-order valence-corrected chi connectivity index (χ4v) is 7.00. The van der Waals surface area contributed by atoms with Crippen LogP contribution in [0.5, 0.6) is 0 Å². The number of nitrogens with zero attached hydrogens (tertiary/aromatic N) is 2. The Kier molecular flexibility index (Phi) is 28.7. The lowest BCUT2D eigenvalue weighted by molar-refractivity contribution is -0.697. The van der Waals surface area contributed by atoms with E-state index in [1.54, 1.807) is 0 Å². The van der Waals surface area contributed by atoms with Gasteiger partial charge in [-0.3, -0.25) is 9.59 Å². The molecule has 0 spiro atoms. The molecule has 6 nitrogen and oxygen atoms in total. The lowest BCUT2D eigenvalue weighted by atomic mass is 10.1. The molecule has 6 heteroatoms. The fourth-order valence-electron chi connectivity index (χ4n) is 7.00. The van der Waals surface area contributed by atoms with E-state index in [9.17, 15) is 9.59 Å². The number of aryl methyl sites for hydroxylation is 2. The third-order valence-corrected chi connectivity index (χ3v) is 10.5. The van der Waals surface area contributed by atoms with Crippen molar-refractivity contribution in [1.29, 1.82) is 0 Å². The van der Waals surface area contributed by atoms with Crippen LogP contribution in [-0.2, 0) is 13.1 Å². The van der Waals surface area contributed by atoms with Crippen LogP contribution in [0.4, 0.5) is 0 Å². The number of carbonyl (C=O) groups is 2. The van der Waals surface area contributed by atoms with Gasteiger partial charge >= 0.3 is 0 Å². The molecule has 0 aliphatic heterocycles. The minimum absolute atomic E-state index is 0.00282. The van der Waals surface area contributed by atoms with Crippen molar-refractivity contribution in [3.63, 3.8) is 0 Å². The highest BCUT2D eigenvalue weighted by Gasteiger charge is 2.10. The summed E-state index contributed by atoms with van der Waals surface area (Å²) < 4.78 is 4.39. The highest BCUT2D eigenvalue weighted by Crippen LogP contribution is 2.13. The molecule has 0 unspecified atom stereocenters. The van der Waals surface area contributed by atoms with Gasteiger partial charge in [-0.1, -0.05) is 155 Å². The number of hydrogen-bond acceptors (Lipinski definition) is 2. The number of hydrogen-bond donors (Lipinski definition) is 2. The Morgan fingerprint density at radius 1 is 0.385 bits per heavy atom. The Labute approximate surface area is 320 Å². The maximum absolute atomic E-state index is 12.6. The van der Waals surface area contributed by atoms with Crippen LogP contribution >= 0.6 is 0 Å². The van der Waals surface area contributed by atoms with Crippen molar-refractivity contribution in [2.75, 3.05) is 13.1 Å². The Bertz CT molecular complexity index is 1030. The van der Waals surface area contributed by atoms with E-state index in [1.807, 2.05) is 49.1 Å². The summed E-state index contributed by atoms with van der Waals surface area (Å²) in [5, 5.41) is 6.12. The zero-order valence-electron chi connectivity index (χ0n) is 34.0. The van der Waals surface area contributed by atoms with Crippen LogP contribution in [-0.4, -0.2) is 24.9 Å². The third-order valence-electron chi connectivity index (χ3n) is 10.5. The zero-order valence-corrected chi connectivity index (χ0v) is 34.0. The molecule has 0 bridgehead atoms. The largest absolute Gasteiger partial charge is 0.352 e. The molecule has 0 atom stereocenters. The molecule has 0 aliphatic carbocycles. The molecule has 0 saturated heterocycles. The first kappa shape index (κ1) is 45.4. The molecule has 2 amide bonds. The van der Waals surface area contributed by atoms with Crippen molar-refractivity contribution in [2.45, 2.75) is 207 Å². The molecular weight excluding hydrogens is 641 g/mol. The Morgan fingerprint density at radius 2 is 0.635 bits per heavy atom. The maximum atomic E-state index is 12.6. The van der Waals surface area contributed by atoms with Crippen LogP contribution in [0.2, 0.25) is 0 Å². The average molecular weight is 721 g/mol. The van der Waals surface area contributed by atoms with Gasteiger partial charge in [0.05, 0.1) is 11.1 Å². The zero-order chi connectivity index (χ0) is 37.2. The molecule has 0 saturated carbocycles. The number of rotatable bonds is 35. The molecule has 2 N–H and O–H groups in total. The van der Waals surface area contributed by atoms with Gasteiger partial charge in [0.1, 0.15) is 13.1 Å². The maximum Gasteiger partial charge on any atom is 0.251 e. The number of pyridine rings is 2.